The molecule has 6 amide bonds. The van der Waals surface area contributed by atoms with Gasteiger partial charge in [-0.15, -0.1) is 0 Å². The van der Waals surface area contributed by atoms with Gasteiger partial charge in [-0.05, 0) is 218 Å². The van der Waals surface area contributed by atoms with Crippen LogP contribution in [0.25, 0.3) is 32.3 Å². The lowest BCUT2D eigenvalue weighted by Gasteiger charge is -2.31. The standard InChI is InChI=1S/C31H45ClN4O2.2C26H37ClN4O2/c1-4-23(22(2)3)21-36-17-12-28(34-29(31(36)38)13-16-35-14-6-5-7-15-35)20-33-30(37)26-9-8-25-19-27(32)11-10-24(25)18-26;2*1-4-18(17(2)3)16-31-12-10-23(30-24(9-11-28)26(31)33)15-29-25(32)21-6-5-20-14-22(27)8-7-19(20)13-21/h8-11,18-19,22-23,28-29,34H,4-7,12-17,20-21H2,1-3H3,(H,33,37);2*5-8,13-14,17-18,23-24,30H,4,9-12,15-16,28H2,1-3H3,(H,29,32)/t23-,28-,29-;18-,23+,24+;18-,23-,24-/m010/s1. The minimum absolute atomic E-state index is 0.0119. The molecule has 4 fully saturated rings. The van der Waals surface area contributed by atoms with Crippen molar-refractivity contribution in [1.82, 2.24) is 51.5 Å². The fraction of sp³-hybridized carbons (Fsp3) is 0.566. The number of piperidine rings is 1. The molecule has 4 aliphatic heterocycles. The summed E-state index contributed by atoms with van der Waals surface area (Å²) in [6.45, 7) is 29.9. The molecule has 4 aliphatic rings. The third-order valence-electron chi connectivity index (χ3n) is 22.0. The molecule has 10 rings (SSSR count). The van der Waals surface area contributed by atoms with Crippen molar-refractivity contribution in [2.75, 3.05) is 91.6 Å². The maximum absolute atomic E-state index is 13.7. The molecule has 568 valence electrons. The molecule has 4 heterocycles. The number of benzene rings is 6. The molecule has 6 aromatic carbocycles. The molecule has 0 bridgehead atoms. The van der Waals surface area contributed by atoms with Crippen LogP contribution < -0.4 is 43.4 Å². The van der Waals surface area contributed by atoms with Crippen molar-refractivity contribution in [3.8, 4) is 0 Å². The lowest BCUT2D eigenvalue weighted by Crippen LogP contribution is -2.50. The Balaban J connectivity index is 0.000000198. The van der Waals surface area contributed by atoms with E-state index in [9.17, 15) is 28.8 Å². The largest absolute Gasteiger partial charge is 0.350 e. The molecular weight excluding hydrogens is 1370 g/mol. The van der Waals surface area contributed by atoms with Crippen molar-refractivity contribution >= 4 is 103 Å². The van der Waals surface area contributed by atoms with Crippen molar-refractivity contribution in [1.29, 1.82) is 0 Å². The van der Waals surface area contributed by atoms with Gasteiger partial charge in [0, 0.05) is 115 Å². The highest BCUT2D eigenvalue weighted by Gasteiger charge is 2.36. The van der Waals surface area contributed by atoms with Gasteiger partial charge in [0.2, 0.25) is 17.7 Å². The number of hydrogen-bond donors (Lipinski definition) is 8. The minimum atomic E-state index is -0.311. The van der Waals surface area contributed by atoms with Crippen molar-refractivity contribution in [3.63, 3.8) is 0 Å². The quantitative estimate of drug-likeness (QED) is 0.0229. The Kier molecular flexibility index (Phi) is 33.3. The van der Waals surface area contributed by atoms with E-state index in [2.05, 4.69) is 104 Å². The summed E-state index contributed by atoms with van der Waals surface area (Å²) in [5.74, 6) is 3.20. The van der Waals surface area contributed by atoms with Gasteiger partial charge in [-0.1, -0.05) is 159 Å². The summed E-state index contributed by atoms with van der Waals surface area (Å²) in [7, 11) is 0. The molecular formula is C83H119Cl3N12O6. The second-order valence-corrected chi connectivity index (χ2v) is 31.6. The Bertz CT molecular complexity index is 3620. The summed E-state index contributed by atoms with van der Waals surface area (Å²) in [5, 5.41) is 27.8. The highest BCUT2D eigenvalue weighted by atomic mass is 35.5. The molecule has 6 aromatic rings. The molecule has 0 spiro atoms. The summed E-state index contributed by atoms with van der Waals surface area (Å²) < 4.78 is 0. The number of fused-ring (bicyclic) bond motifs is 3. The van der Waals surface area contributed by atoms with Crippen LogP contribution in [0.5, 0.6) is 0 Å². The van der Waals surface area contributed by atoms with E-state index in [1.165, 1.54) is 19.3 Å². The fourth-order valence-corrected chi connectivity index (χ4v) is 15.6. The molecule has 21 heteroatoms. The Morgan fingerprint density at radius 1 is 0.423 bits per heavy atom. The zero-order valence-electron chi connectivity index (χ0n) is 63.2. The van der Waals surface area contributed by atoms with Crippen molar-refractivity contribution < 1.29 is 28.8 Å². The molecule has 0 aliphatic carbocycles. The van der Waals surface area contributed by atoms with E-state index in [4.69, 9.17) is 46.3 Å². The highest BCUT2D eigenvalue weighted by Crippen LogP contribution is 2.27. The number of rotatable bonds is 28. The highest BCUT2D eigenvalue weighted by molar-refractivity contribution is 6.32. The SMILES string of the molecule is CC[C@@H](CN1CC[C@@H](CNC(=O)c2ccc3cc(Cl)ccc3c2)N[C@@H](CCN)C1=O)C(C)C.CC[C@@H](CN1CC[C@@H](CNC(=O)c2ccc3cc(Cl)ccc3c2)N[C@@H](CCN2CCCCC2)C1=O)C(C)C.CC[C@H](CN1CC[C@@H](CNC(=O)c2ccc3cc(Cl)ccc3c2)N[C@@H](CCN)C1=O)C(C)C. The second kappa shape index (κ2) is 41.6. The summed E-state index contributed by atoms with van der Waals surface area (Å²) in [5.41, 5.74) is 13.5. The van der Waals surface area contributed by atoms with E-state index < -0.39 is 0 Å². The first-order valence-corrected chi connectivity index (χ1v) is 39.8. The lowest BCUT2D eigenvalue weighted by molar-refractivity contribution is -0.134. The van der Waals surface area contributed by atoms with Gasteiger partial charge in [0.05, 0.1) is 18.1 Å². The topological polar surface area (TPSA) is 240 Å². The Labute approximate surface area is 634 Å². The Morgan fingerprint density at radius 2 is 0.712 bits per heavy atom. The van der Waals surface area contributed by atoms with Crippen LogP contribution in [0.15, 0.2) is 109 Å². The lowest BCUT2D eigenvalue weighted by atomic mass is 9.92. The number of carbonyl (C=O) groups is 6. The predicted molar refractivity (Wildman–Crippen MR) is 428 cm³/mol. The molecule has 0 radical (unpaired) electrons. The summed E-state index contributed by atoms with van der Waals surface area (Å²) in [6.07, 6.45) is 11.4. The number of hydrogen-bond acceptors (Lipinski definition) is 12. The molecule has 0 unspecified atom stereocenters. The van der Waals surface area contributed by atoms with Crippen LogP contribution >= 0.6 is 34.8 Å². The van der Waals surface area contributed by atoms with Gasteiger partial charge in [-0.2, -0.15) is 0 Å². The fourth-order valence-electron chi connectivity index (χ4n) is 15.0. The third-order valence-corrected chi connectivity index (χ3v) is 22.7. The van der Waals surface area contributed by atoms with Gasteiger partial charge in [-0.3, -0.25) is 28.8 Å². The van der Waals surface area contributed by atoms with Crippen molar-refractivity contribution in [3.05, 3.63) is 141 Å². The van der Waals surface area contributed by atoms with Crippen LogP contribution in [0.1, 0.15) is 170 Å². The maximum atomic E-state index is 13.7. The van der Waals surface area contributed by atoms with Crippen LogP contribution in [0.2, 0.25) is 15.1 Å². The van der Waals surface area contributed by atoms with E-state index in [0.29, 0.717) is 126 Å². The normalized spacial score (nSPS) is 20.9. The van der Waals surface area contributed by atoms with Gasteiger partial charge in [0.25, 0.3) is 17.7 Å². The maximum Gasteiger partial charge on any atom is 0.251 e. The number of nitrogens with one attached hydrogen (secondary N) is 6. The first-order valence-electron chi connectivity index (χ1n) is 38.7. The number of amides is 6. The average molecular weight is 1490 g/mol. The molecule has 9 atom stereocenters. The summed E-state index contributed by atoms with van der Waals surface area (Å²) in [4.78, 5) is 87.3. The smallest absolute Gasteiger partial charge is 0.251 e. The van der Waals surface area contributed by atoms with Crippen LogP contribution in [-0.2, 0) is 14.4 Å². The zero-order chi connectivity index (χ0) is 75.0. The van der Waals surface area contributed by atoms with Gasteiger partial charge in [0.1, 0.15) is 0 Å². The molecule has 0 aromatic heterocycles. The monoisotopic (exact) mass is 1480 g/mol. The van der Waals surface area contributed by atoms with Gasteiger partial charge >= 0.3 is 0 Å². The number of likely N-dealkylation sites (tertiary alicyclic amines) is 1. The average Bonchev–Trinajstić information content (AvgIpc) is 1.17. The third kappa shape index (κ3) is 24.5. The number of nitrogens with zero attached hydrogens (tertiary/aromatic N) is 4. The molecule has 104 heavy (non-hydrogen) atoms. The number of nitrogens with two attached hydrogens (primary N) is 2. The van der Waals surface area contributed by atoms with E-state index in [1.807, 2.05) is 119 Å². The van der Waals surface area contributed by atoms with E-state index in [1.54, 1.807) is 0 Å². The van der Waals surface area contributed by atoms with Crippen LogP contribution in [0.3, 0.4) is 0 Å². The number of carbonyl (C=O) groups excluding carboxylic acids is 6. The summed E-state index contributed by atoms with van der Waals surface area (Å²) in [6, 6.07) is 33.1. The Hall–Kier alpha value is -6.45. The molecule has 4 saturated heterocycles. The zero-order valence-corrected chi connectivity index (χ0v) is 65.5. The van der Waals surface area contributed by atoms with Gasteiger partial charge < -0.3 is 63.0 Å². The van der Waals surface area contributed by atoms with Gasteiger partial charge in [-0.25, -0.2) is 0 Å². The van der Waals surface area contributed by atoms with Crippen molar-refractivity contribution in [2.24, 2.45) is 47.0 Å². The van der Waals surface area contributed by atoms with E-state index >= 15 is 0 Å². The van der Waals surface area contributed by atoms with Crippen LogP contribution in [-0.4, -0.2) is 183 Å². The van der Waals surface area contributed by atoms with Crippen LogP contribution in [0, 0.1) is 35.5 Å². The molecule has 18 nitrogen and oxygen atoms in total. The van der Waals surface area contributed by atoms with Crippen LogP contribution in [0.4, 0.5) is 0 Å². The first-order chi connectivity index (χ1) is 50.0. The summed E-state index contributed by atoms with van der Waals surface area (Å²) >= 11 is 18.2. The molecule has 10 N–H and O–H groups in total. The van der Waals surface area contributed by atoms with E-state index in [-0.39, 0.29) is 71.7 Å². The minimum Gasteiger partial charge on any atom is -0.350 e. The van der Waals surface area contributed by atoms with Gasteiger partial charge in [0.15, 0.2) is 0 Å². The van der Waals surface area contributed by atoms with Crippen molar-refractivity contribution in [2.45, 2.75) is 176 Å². The molecule has 0 saturated carbocycles. The predicted octanol–water partition coefficient (Wildman–Crippen LogP) is 13.0. The van der Waals surface area contributed by atoms with E-state index in [0.717, 1.165) is 123 Å². The Morgan fingerprint density at radius 3 is 1.00 bits per heavy atom. The number of halogens is 3. The first kappa shape index (κ1) is 83.2. The second-order valence-electron chi connectivity index (χ2n) is 30.3.